The SMILES string of the molecule is O=C(Cn1ccc2ccc(Br)cc21)Nc1ccc2c(c1)OCO2. The maximum absolute atomic E-state index is 12.3. The summed E-state index contributed by atoms with van der Waals surface area (Å²) in [6.07, 6.45) is 1.91. The van der Waals surface area contributed by atoms with Crippen LogP contribution in [0.2, 0.25) is 0 Å². The molecule has 116 valence electrons. The number of hydrogen-bond acceptors (Lipinski definition) is 3. The zero-order valence-electron chi connectivity index (χ0n) is 12.1. The second-order valence-corrected chi connectivity index (χ2v) is 6.18. The fourth-order valence-electron chi connectivity index (χ4n) is 2.62. The second-order valence-electron chi connectivity index (χ2n) is 5.26. The van der Waals surface area contributed by atoms with Crippen LogP contribution in [0.3, 0.4) is 0 Å². The van der Waals surface area contributed by atoms with Crippen LogP contribution in [0.1, 0.15) is 0 Å². The van der Waals surface area contributed by atoms with Gasteiger partial charge in [-0.3, -0.25) is 4.79 Å². The number of aromatic nitrogens is 1. The Labute approximate surface area is 140 Å². The maximum Gasteiger partial charge on any atom is 0.244 e. The lowest BCUT2D eigenvalue weighted by Gasteiger charge is -2.08. The molecule has 0 saturated heterocycles. The molecule has 0 atom stereocenters. The third-order valence-corrected chi connectivity index (χ3v) is 4.20. The average molecular weight is 373 g/mol. The highest BCUT2D eigenvalue weighted by Gasteiger charge is 2.14. The van der Waals surface area contributed by atoms with Crippen LogP contribution in [0.4, 0.5) is 5.69 Å². The molecule has 1 aromatic heterocycles. The van der Waals surface area contributed by atoms with E-state index in [-0.39, 0.29) is 19.2 Å². The van der Waals surface area contributed by atoms with E-state index in [4.69, 9.17) is 9.47 Å². The number of nitrogens with one attached hydrogen (secondary N) is 1. The molecule has 0 saturated carbocycles. The van der Waals surface area contributed by atoms with Crippen molar-refractivity contribution in [1.29, 1.82) is 0 Å². The van der Waals surface area contributed by atoms with Crippen molar-refractivity contribution in [2.45, 2.75) is 6.54 Å². The number of anilines is 1. The maximum atomic E-state index is 12.3. The fourth-order valence-corrected chi connectivity index (χ4v) is 2.97. The summed E-state index contributed by atoms with van der Waals surface area (Å²) < 4.78 is 13.5. The second kappa shape index (κ2) is 5.62. The Kier molecular flexibility index (Phi) is 3.46. The molecule has 0 unspecified atom stereocenters. The van der Waals surface area contributed by atoms with Crippen LogP contribution in [0.5, 0.6) is 11.5 Å². The molecule has 2 heterocycles. The molecule has 1 aliphatic heterocycles. The first-order valence-corrected chi connectivity index (χ1v) is 7.92. The summed E-state index contributed by atoms with van der Waals surface area (Å²) in [5.74, 6) is 1.25. The van der Waals surface area contributed by atoms with Gasteiger partial charge in [-0.25, -0.2) is 0 Å². The number of nitrogens with zero attached hydrogens (tertiary/aromatic N) is 1. The number of rotatable bonds is 3. The minimum absolute atomic E-state index is 0.0960. The van der Waals surface area contributed by atoms with Crippen LogP contribution >= 0.6 is 15.9 Å². The van der Waals surface area contributed by atoms with Gasteiger partial charge in [-0.2, -0.15) is 0 Å². The van der Waals surface area contributed by atoms with Gasteiger partial charge in [0.05, 0.1) is 0 Å². The lowest BCUT2D eigenvalue weighted by molar-refractivity contribution is -0.116. The molecule has 1 aliphatic rings. The smallest absolute Gasteiger partial charge is 0.244 e. The zero-order chi connectivity index (χ0) is 15.8. The van der Waals surface area contributed by atoms with Gasteiger partial charge in [0.1, 0.15) is 6.54 Å². The van der Waals surface area contributed by atoms with E-state index < -0.39 is 0 Å². The van der Waals surface area contributed by atoms with E-state index in [1.54, 1.807) is 18.2 Å². The van der Waals surface area contributed by atoms with E-state index in [1.807, 2.05) is 35.0 Å². The van der Waals surface area contributed by atoms with Crippen molar-refractivity contribution in [3.8, 4) is 11.5 Å². The first-order valence-electron chi connectivity index (χ1n) is 7.13. The van der Waals surface area contributed by atoms with Crippen LogP contribution in [0, 0.1) is 0 Å². The highest BCUT2D eigenvalue weighted by molar-refractivity contribution is 9.10. The number of fused-ring (bicyclic) bond motifs is 2. The normalized spacial score (nSPS) is 12.6. The third-order valence-electron chi connectivity index (χ3n) is 3.71. The summed E-state index contributed by atoms with van der Waals surface area (Å²) in [6, 6.07) is 13.4. The van der Waals surface area contributed by atoms with Gasteiger partial charge in [0.25, 0.3) is 0 Å². The van der Waals surface area contributed by atoms with Gasteiger partial charge in [-0.05, 0) is 35.7 Å². The van der Waals surface area contributed by atoms with Crippen LogP contribution in [0.25, 0.3) is 10.9 Å². The highest BCUT2D eigenvalue weighted by Crippen LogP contribution is 2.34. The number of benzene rings is 2. The predicted octanol–water partition coefficient (Wildman–Crippen LogP) is 3.77. The summed E-state index contributed by atoms with van der Waals surface area (Å²) in [6.45, 7) is 0.464. The predicted molar refractivity (Wildman–Crippen MR) is 90.8 cm³/mol. The van der Waals surface area contributed by atoms with Gasteiger partial charge >= 0.3 is 0 Å². The number of halogens is 1. The van der Waals surface area contributed by atoms with Gasteiger partial charge in [-0.15, -0.1) is 0 Å². The summed E-state index contributed by atoms with van der Waals surface area (Å²) in [5, 5.41) is 3.98. The first-order chi connectivity index (χ1) is 11.2. The molecule has 6 heteroatoms. The summed E-state index contributed by atoms with van der Waals surface area (Å²) in [4.78, 5) is 12.3. The lowest BCUT2D eigenvalue weighted by atomic mass is 10.2. The number of amides is 1. The van der Waals surface area contributed by atoms with E-state index in [1.165, 1.54) is 0 Å². The molecule has 0 bridgehead atoms. The monoisotopic (exact) mass is 372 g/mol. The minimum Gasteiger partial charge on any atom is -0.454 e. The van der Waals surface area contributed by atoms with Crippen molar-refractivity contribution in [2.75, 3.05) is 12.1 Å². The zero-order valence-corrected chi connectivity index (χ0v) is 13.7. The Morgan fingerprint density at radius 3 is 2.91 bits per heavy atom. The number of carbonyl (C=O) groups excluding carboxylic acids is 1. The van der Waals surface area contributed by atoms with Gasteiger partial charge < -0.3 is 19.4 Å². The molecular weight excluding hydrogens is 360 g/mol. The Bertz CT molecular complexity index is 904. The minimum atomic E-state index is -0.0960. The van der Waals surface area contributed by atoms with Crippen molar-refractivity contribution in [1.82, 2.24) is 4.57 Å². The number of hydrogen-bond donors (Lipinski definition) is 1. The van der Waals surface area contributed by atoms with Crippen LogP contribution < -0.4 is 14.8 Å². The van der Waals surface area contributed by atoms with Gasteiger partial charge in [-0.1, -0.05) is 22.0 Å². The molecule has 0 spiro atoms. The Hall–Kier alpha value is -2.47. The molecule has 4 rings (SSSR count). The van der Waals surface area contributed by atoms with E-state index in [2.05, 4.69) is 21.2 Å². The van der Waals surface area contributed by atoms with Gasteiger partial charge in [0.2, 0.25) is 12.7 Å². The van der Waals surface area contributed by atoms with Gasteiger partial charge in [0, 0.05) is 27.9 Å². The van der Waals surface area contributed by atoms with E-state index in [0.29, 0.717) is 17.2 Å². The lowest BCUT2D eigenvalue weighted by Crippen LogP contribution is -2.18. The largest absolute Gasteiger partial charge is 0.454 e. The summed E-state index contributed by atoms with van der Waals surface area (Å²) >= 11 is 3.46. The summed E-state index contributed by atoms with van der Waals surface area (Å²) in [5.41, 5.74) is 1.71. The van der Waals surface area contributed by atoms with Crippen molar-refractivity contribution in [3.05, 3.63) is 53.1 Å². The molecule has 0 fully saturated rings. The molecule has 2 aromatic carbocycles. The highest BCUT2D eigenvalue weighted by atomic mass is 79.9. The molecule has 5 nitrogen and oxygen atoms in total. The standard InChI is InChI=1S/C17H13BrN2O3/c18-12-2-1-11-5-6-20(14(11)7-12)9-17(21)19-13-3-4-15-16(8-13)23-10-22-15/h1-8H,9-10H2,(H,19,21). The van der Waals surface area contributed by atoms with Crippen molar-refractivity contribution < 1.29 is 14.3 Å². The summed E-state index contributed by atoms with van der Waals surface area (Å²) in [7, 11) is 0. The van der Waals surface area contributed by atoms with E-state index in [0.717, 1.165) is 15.4 Å². The molecule has 23 heavy (non-hydrogen) atoms. The van der Waals surface area contributed by atoms with Crippen LogP contribution in [-0.2, 0) is 11.3 Å². The van der Waals surface area contributed by atoms with Crippen molar-refractivity contribution >= 4 is 38.4 Å². The molecule has 0 radical (unpaired) electrons. The molecule has 0 aliphatic carbocycles. The Balaban J connectivity index is 1.52. The number of carbonyl (C=O) groups is 1. The van der Waals surface area contributed by atoms with E-state index in [9.17, 15) is 4.79 Å². The quantitative estimate of drug-likeness (QED) is 0.761. The Morgan fingerprint density at radius 2 is 2.00 bits per heavy atom. The molecule has 1 amide bonds. The van der Waals surface area contributed by atoms with Crippen molar-refractivity contribution in [2.24, 2.45) is 0 Å². The fraction of sp³-hybridized carbons (Fsp3) is 0.118. The first kappa shape index (κ1) is 14.1. The van der Waals surface area contributed by atoms with Crippen molar-refractivity contribution in [3.63, 3.8) is 0 Å². The van der Waals surface area contributed by atoms with E-state index >= 15 is 0 Å². The number of ether oxygens (including phenoxy) is 2. The molecule has 1 N–H and O–H groups in total. The third kappa shape index (κ3) is 2.77. The molecule has 3 aromatic rings. The van der Waals surface area contributed by atoms with Crippen LogP contribution in [0.15, 0.2) is 53.1 Å². The topological polar surface area (TPSA) is 52.5 Å². The average Bonchev–Trinajstić information content (AvgIpc) is 3.14. The van der Waals surface area contributed by atoms with Crippen LogP contribution in [-0.4, -0.2) is 17.3 Å². The van der Waals surface area contributed by atoms with Gasteiger partial charge in [0.15, 0.2) is 11.5 Å². The Morgan fingerprint density at radius 1 is 1.13 bits per heavy atom. The molecular formula is C17H13BrN2O3.